The highest BCUT2D eigenvalue weighted by Crippen LogP contribution is 2.23. The first kappa shape index (κ1) is 17.4. The summed E-state index contributed by atoms with van der Waals surface area (Å²) >= 11 is 0. The average molecular weight is 341 g/mol. The molecule has 0 saturated carbocycles. The van der Waals surface area contributed by atoms with E-state index in [1.165, 1.54) is 6.07 Å². The molecule has 2 rings (SSSR count). The zero-order chi connectivity index (χ0) is 17.2. The largest absolute Gasteiger partial charge is 0.337 e. The molecule has 0 aliphatic carbocycles. The van der Waals surface area contributed by atoms with Crippen molar-refractivity contribution < 1.29 is 18.1 Å². The van der Waals surface area contributed by atoms with E-state index in [9.17, 15) is 23.3 Å². The number of likely N-dealkylation sites (tertiary alicyclic amines) is 1. The number of benzene rings is 1. The second-order valence-corrected chi connectivity index (χ2v) is 7.64. The second kappa shape index (κ2) is 6.63. The van der Waals surface area contributed by atoms with Crippen LogP contribution in [-0.2, 0) is 9.84 Å². The number of likely N-dealkylation sites (N-methyl/N-ethyl adjacent to an activating group) is 1. The molecule has 23 heavy (non-hydrogen) atoms. The molecule has 0 bridgehead atoms. The number of carbonyl (C=O) groups excluding carboxylic acids is 1. The van der Waals surface area contributed by atoms with Crippen LogP contribution in [0.25, 0.3) is 0 Å². The molecule has 1 aromatic rings. The molecular weight excluding hydrogens is 322 g/mol. The summed E-state index contributed by atoms with van der Waals surface area (Å²) in [5.41, 5.74) is -0.380. The number of amides is 1. The molecule has 1 amide bonds. The predicted molar refractivity (Wildman–Crippen MR) is 84.2 cm³/mol. The third-order valence-corrected chi connectivity index (χ3v) is 4.99. The van der Waals surface area contributed by atoms with Gasteiger partial charge < -0.3 is 10.2 Å². The Balaban J connectivity index is 2.39. The molecule has 0 radical (unpaired) electrons. The number of sulfone groups is 1. The van der Waals surface area contributed by atoms with Gasteiger partial charge in [-0.25, -0.2) is 8.42 Å². The van der Waals surface area contributed by atoms with Crippen molar-refractivity contribution in [1.82, 2.24) is 10.2 Å². The van der Waals surface area contributed by atoms with E-state index >= 15 is 0 Å². The normalized spacial score (nSPS) is 18.7. The van der Waals surface area contributed by atoms with Gasteiger partial charge in [0.1, 0.15) is 0 Å². The van der Waals surface area contributed by atoms with Crippen LogP contribution in [0, 0.1) is 10.1 Å². The van der Waals surface area contributed by atoms with Gasteiger partial charge in [0.2, 0.25) is 0 Å². The van der Waals surface area contributed by atoms with Crippen molar-refractivity contribution in [2.24, 2.45) is 0 Å². The lowest BCUT2D eigenvalue weighted by molar-refractivity contribution is -0.385. The van der Waals surface area contributed by atoms with Crippen molar-refractivity contribution in [1.29, 1.82) is 0 Å². The van der Waals surface area contributed by atoms with Gasteiger partial charge >= 0.3 is 0 Å². The summed E-state index contributed by atoms with van der Waals surface area (Å²) in [5.74, 6) is -0.390. The lowest BCUT2D eigenvalue weighted by atomic mass is 10.0. The maximum absolute atomic E-state index is 12.6. The summed E-state index contributed by atoms with van der Waals surface area (Å²) in [4.78, 5) is 24.3. The summed E-state index contributed by atoms with van der Waals surface area (Å²) in [7, 11) is -1.84. The van der Waals surface area contributed by atoms with Crippen LogP contribution in [0.15, 0.2) is 23.1 Å². The highest BCUT2D eigenvalue weighted by molar-refractivity contribution is 7.90. The molecule has 1 atom stereocenters. The molecule has 1 heterocycles. The number of rotatable bonds is 4. The minimum absolute atomic E-state index is 0.0244. The van der Waals surface area contributed by atoms with Crippen molar-refractivity contribution >= 4 is 21.4 Å². The van der Waals surface area contributed by atoms with E-state index in [0.29, 0.717) is 13.1 Å². The van der Waals surface area contributed by atoms with Gasteiger partial charge in [0.25, 0.3) is 11.6 Å². The SMILES string of the molecule is CNC1CCCN(C(=O)c2cc([N+](=O)[O-])cc(S(C)(=O)=O)c2)C1. The Labute approximate surface area is 134 Å². The molecule has 0 spiro atoms. The Kier molecular flexibility index (Phi) is 5.00. The van der Waals surface area contributed by atoms with Crippen molar-refractivity contribution in [2.45, 2.75) is 23.8 Å². The lowest BCUT2D eigenvalue weighted by Gasteiger charge is -2.32. The highest BCUT2D eigenvalue weighted by atomic mass is 32.2. The topological polar surface area (TPSA) is 110 Å². The Morgan fingerprint density at radius 3 is 2.65 bits per heavy atom. The zero-order valence-corrected chi connectivity index (χ0v) is 13.8. The van der Waals surface area contributed by atoms with Crippen LogP contribution in [0.4, 0.5) is 5.69 Å². The number of non-ortho nitro benzene ring substituents is 1. The van der Waals surface area contributed by atoms with Gasteiger partial charge in [-0.2, -0.15) is 0 Å². The van der Waals surface area contributed by atoms with E-state index in [1.54, 1.807) is 4.90 Å². The van der Waals surface area contributed by atoms with Crippen LogP contribution in [0.5, 0.6) is 0 Å². The van der Waals surface area contributed by atoms with Gasteiger partial charge in [-0.1, -0.05) is 0 Å². The summed E-state index contributed by atoms with van der Waals surface area (Å²) < 4.78 is 23.4. The van der Waals surface area contributed by atoms with Crippen LogP contribution in [-0.4, -0.2) is 56.6 Å². The summed E-state index contributed by atoms with van der Waals surface area (Å²) in [6.45, 7) is 1.04. The summed E-state index contributed by atoms with van der Waals surface area (Å²) in [6, 6.07) is 3.47. The van der Waals surface area contributed by atoms with Gasteiger partial charge in [-0.3, -0.25) is 14.9 Å². The molecule has 9 heteroatoms. The molecule has 1 aliphatic heterocycles. The first-order chi connectivity index (χ1) is 10.7. The third-order valence-electron chi connectivity index (χ3n) is 3.89. The number of nitro groups is 1. The fourth-order valence-corrected chi connectivity index (χ4v) is 3.28. The van der Waals surface area contributed by atoms with Crippen LogP contribution >= 0.6 is 0 Å². The summed E-state index contributed by atoms with van der Waals surface area (Å²) in [5, 5.41) is 14.1. The highest BCUT2D eigenvalue weighted by Gasteiger charge is 2.26. The van der Waals surface area contributed by atoms with Gasteiger partial charge in [0.05, 0.1) is 9.82 Å². The molecule has 1 fully saturated rings. The maximum atomic E-state index is 12.6. The molecular formula is C14H19N3O5S. The van der Waals surface area contributed by atoms with Crippen LogP contribution in [0.3, 0.4) is 0 Å². The molecule has 126 valence electrons. The van der Waals surface area contributed by atoms with E-state index in [4.69, 9.17) is 0 Å². The van der Waals surface area contributed by atoms with Gasteiger partial charge in [-0.15, -0.1) is 0 Å². The van der Waals surface area contributed by atoms with Crippen molar-refractivity contribution in [3.63, 3.8) is 0 Å². The van der Waals surface area contributed by atoms with Crippen molar-refractivity contribution in [3.8, 4) is 0 Å². The van der Waals surface area contributed by atoms with Crippen LogP contribution < -0.4 is 5.32 Å². The summed E-state index contributed by atoms with van der Waals surface area (Å²) in [6.07, 6.45) is 2.73. The molecule has 1 aromatic carbocycles. The molecule has 1 saturated heterocycles. The number of carbonyl (C=O) groups is 1. The van der Waals surface area contributed by atoms with E-state index in [-0.39, 0.29) is 16.5 Å². The monoisotopic (exact) mass is 341 g/mol. The standard InChI is InChI=1S/C14H19N3O5S/c1-15-11-4-3-5-16(9-11)14(18)10-6-12(17(19)20)8-13(7-10)23(2,21)22/h6-8,11,15H,3-5,9H2,1-2H3. The number of nitrogens with one attached hydrogen (secondary N) is 1. The first-order valence-electron chi connectivity index (χ1n) is 7.18. The van der Waals surface area contributed by atoms with E-state index < -0.39 is 26.4 Å². The Morgan fingerprint density at radius 2 is 2.09 bits per heavy atom. The average Bonchev–Trinajstić information content (AvgIpc) is 2.52. The fourth-order valence-electron chi connectivity index (χ4n) is 2.61. The van der Waals surface area contributed by atoms with Crippen LogP contribution in [0.1, 0.15) is 23.2 Å². The van der Waals surface area contributed by atoms with E-state index in [0.717, 1.165) is 31.2 Å². The van der Waals surface area contributed by atoms with Gasteiger partial charge in [0, 0.05) is 43.1 Å². The fraction of sp³-hybridized carbons (Fsp3) is 0.500. The molecule has 8 nitrogen and oxygen atoms in total. The zero-order valence-electron chi connectivity index (χ0n) is 13.0. The van der Waals surface area contributed by atoms with Gasteiger partial charge in [-0.05, 0) is 26.0 Å². The minimum Gasteiger partial charge on any atom is -0.337 e. The number of piperidine rings is 1. The minimum atomic E-state index is -3.65. The molecule has 1 N–H and O–H groups in total. The Morgan fingerprint density at radius 1 is 1.39 bits per heavy atom. The lowest BCUT2D eigenvalue weighted by Crippen LogP contribution is -2.47. The molecule has 1 aliphatic rings. The van der Waals surface area contributed by atoms with Gasteiger partial charge in [0.15, 0.2) is 9.84 Å². The maximum Gasteiger partial charge on any atom is 0.271 e. The number of hydrogen-bond acceptors (Lipinski definition) is 6. The third kappa shape index (κ3) is 4.05. The second-order valence-electron chi connectivity index (χ2n) is 5.62. The Hall–Kier alpha value is -2.00. The number of nitro benzene ring substituents is 1. The van der Waals surface area contributed by atoms with E-state index in [1.807, 2.05) is 7.05 Å². The first-order valence-corrected chi connectivity index (χ1v) is 9.07. The van der Waals surface area contributed by atoms with Crippen LogP contribution in [0.2, 0.25) is 0 Å². The quantitative estimate of drug-likeness (QED) is 0.641. The predicted octanol–water partition coefficient (Wildman–Crippen LogP) is 0.822. The molecule has 1 unspecified atom stereocenters. The van der Waals surface area contributed by atoms with Crippen molar-refractivity contribution in [3.05, 3.63) is 33.9 Å². The Bertz CT molecular complexity index is 732. The van der Waals surface area contributed by atoms with Crippen molar-refractivity contribution in [2.75, 3.05) is 26.4 Å². The molecule has 0 aromatic heterocycles. The number of hydrogen-bond donors (Lipinski definition) is 1. The smallest absolute Gasteiger partial charge is 0.271 e. The van der Waals surface area contributed by atoms with E-state index in [2.05, 4.69) is 5.32 Å². The number of nitrogens with zero attached hydrogens (tertiary/aromatic N) is 2.